The largest absolute Gasteiger partial charge is 0.455 e. The van der Waals surface area contributed by atoms with Gasteiger partial charge in [-0.3, -0.25) is 0 Å². The molecule has 2 N–H and O–H groups in total. The number of nitrogens with zero attached hydrogens (tertiary/aromatic N) is 3. The Kier molecular flexibility index (Phi) is 6.34. The molecule has 2 atom stereocenters. The number of hydrogen-bond acceptors (Lipinski definition) is 8. The number of nitrogens with two attached hydrogens (primary N) is 1. The number of sulfonamides is 1. The molecular weight excluding hydrogens is 463 g/mol. The summed E-state index contributed by atoms with van der Waals surface area (Å²) in [6.45, 7) is 1.69. The Labute approximate surface area is 195 Å². The zero-order valence-electron chi connectivity index (χ0n) is 18.7. The van der Waals surface area contributed by atoms with E-state index in [1.807, 2.05) is 6.08 Å². The number of ether oxygens (including phenoxy) is 1. The van der Waals surface area contributed by atoms with Gasteiger partial charge in [0.1, 0.15) is 22.2 Å². The van der Waals surface area contributed by atoms with Gasteiger partial charge in [0, 0.05) is 43.7 Å². The molecular formula is C23H23FN4O5S. The lowest BCUT2D eigenvalue weighted by Crippen LogP contribution is -2.40. The molecule has 0 spiro atoms. The summed E-state index contributed by atoms with van der Waals surface area (Å²) >= 11 is 0. The first-order valence-electron chi connectivity index (χ1n) is 10.4. The number of rotatable bonds is 6. The lowest BCUT2D eigenvalue weighted by atomic mass is 9.95. The Morgan fingerprint density at radius 1 is 1.24 bits per heavy atom. The molecule has 9 nitrogen and oxygen atoms in total. The molecule has 0 saturated carbocycles. The van der Waals surface area contributed by atoms with Crippen LogP contribution in [0.1, 0.15) is 29.2 Å². The Morgan fingerprint density at radius 3 is 2.62 bits per heavy atom. The maximum Gasteiger partial charge on any atom is 0.341 e. The molecule has 4 rings (SSSR count). The van der Waals surface area contributed by atoms with E-state index in [-0.39, 0.29) is 17.1 Å². The highest BCUT2D eigenvalue weighted by Gasteiger charge is 2.28. The Hall–Kier alpha value is -3.41. The number of fused-ring (bicyclic) bond motifs is 1. The van der Waals surface area contributed by atoms with E-state index < -0.39 is 38.5 Å². The monoisotopic (exact) mass is 486 g/mol. The maximum absolute atomic E-state index is 15.3. The SMILES string of the molecule is Cc1c(C(N)c2cccc(S(=O)(=O)N(C)C)c2F)c(=O)oc2c1=CCC(Oc1ncccn1)C=2. The third kappa shape index (κ3) is 4.25. The van der Waals surface area contributed by atoms with Crippen molar-refractivity contribution < 1.29 is 22.0 Å². The van der Waals surface area contributed by atoms with Crippen LogP contribution in [-0.4, -0.2) is 42.9 Å². The van der Waals surface area contributed by atoms with Crippen LogP contribution in [0, 0.1) is 12.7 Å². The summed E-state index contributed by atoms with van der Waals surface area (Å²) in [4.78, 5) is 20.4. The quantitative estimate of drug-likeness (QED) is 0.536. The zero-order valence-corrected chi connectivity index (χ0v) is 19.5. The van der Waals surface area contributed by atoms with Crippen LogP contribution < -0.4 is 26.7 Å². The number of halogens is 1. The van der Waals surface area contributed by atoms with Gasteiger partial charge in [-0.25, -0.2) is 31.9 Å². The molecule has 2 heterocycles. The van der Waals surface area contributed by atoms with Gasteiger partial charge < -0.3 is 14.9 Å². The Bertz CT molecular complexity index is 1520. The van der Waals surface area contributed by atoms with Gasteiger partial charge in [0.05, 0.1) is 11.6 Å². The first-order valence-corrected chi connectivity index (χ1v) is 11.8. The fourth-order valence-electron chi connectivity index (χ4n) is 3.78. The summed E-state index contributed by atoms with van der Waals surface area (Å²) in [6, 6.07) is 4.52. The van der Waals surface area contributed by atoms with Gasteiger partial charge in [-0.15, -0.1) is 0 Å². The summed E-state index contributed by atoms with van der Waals surface area (Å²) in [5.74, 6) is -1.01. The van der Waals surface area contributed by atoms with Crippen molar-refractivity contribution in [1.29, 1.82) is 0 Å². The van der Waals surface area contributed by atoms with Crippen molar-refractivity contribution >= 4 is 22.2 Å². The fraction of sp³-hybridized carbons (Fsp3) is 0.261. The summed E-state index contributed by atoms with van der Waals surface area (Å²) in [7, 11) is -1.44. The van der Waals surface area contributed by atoms with E-state index in [1.165, 1.54) is 26.2 Å². The maximum atomic E-state index is 15.3. The molecule has 1 aliphatic rings. The predicted molar refractivity (Wildman–Crippen MR) is 122 cm³/mol. The summed E-state index contributed by atoms with van der Waals surface area (Å²) in [6.07, 6.45) is 6.61. The van der Waals surface area contributed by atoms with Gasteiger partial charge in [-0.05, 0) is 30.7 Å². The normalized spacial score (nSPS) is 16.4. The minimum atomic E-state index is -4.05. The average Bonchev–Trinajstić information content (AvgIpc) is 2.79. The van der Waals surface area contributed by atoms with Gasteiger partial charge in [0.15, 0.2) is 0 Å². The van der Waals surface area contributed by atoms with Crippen molar-refractivity contribution in [2.24, 2.45) is 5.73 Å². The second-order valence-corrected chi connectivity index (χ2v) is 10.0. The van der Waals surface area contributed by atoms with Crippen LogP contribution in [0.3, 0.4) is 0 Å². The molecule has 1 aromatic carbocycles. The number of benzene rings is 1. The van der Waals surface area contributed by atoms with Crippen LogP contribution in [0.25, 0.3) is 12.2 Å². The summed E-state index contributed by atoms with van der Waals surface area (Å²) < 4.78 is 52.4. The molecule has 34 heavy (non-hydrogen) atoms. The fourth-order valence-corrected chi connectivity index (χ4v) is 4.77. The van der Waals surface area contributed by atoms with E-state index >= 15 is 4.39 Å². The minimum absolute atomic E-state index is 0.0486. The Morgan fingerprint density at radius 2 is 1.94 bits per heavy atom. The molecule has 0 fully saturated rings. The molecule has 0 bridgehead atoms. The summed E-state index contributed by atoms with van der Waals surface area (Å²) in [5, 5.41) is 0.636. The topological polar surface area (TPSA) is 129 Å². The minimum Gasteiger partial charge on any atom is -0.455 e. The van der Waals surface area contributed by atoms with Crippen LogP contribution >= 0.6 is 0 Å². The highest BCUT2D eigenvalue weighted by Crippen LogP contribution is 2.27. The van der Waals surface area contributed by atoms with Crippen LogP contribution in [0.15, 0.2) is 50.8 Å². The summed E-state index contributed by atoms with van der Waals surface area (Å²) in [5.41, 5.74) is 6.29. The van der Waals surface area contributed by atoms with E-state index in [0.717, 1.165) is 10.4 Å². The van der Waals surface area contributed by atoms with E-state index in [1.54, 1.807) is 31.5 Å². The highest BCUT2D eigenvalue weighted by atomic mass is 32.2. The van der Waals surface area contributed by atoms with Gasteiger partial charge in [0.25, 0.3) is 0 Å². The molecule has 0 saturated heterocycles. The van der Waals surface area contributed by atoms with Crippen molar-refractivity contribution in [2.75, 3.05) is 14.1 Å². The molecule has 2 aromatic heterocycles. The van der Waals surface area contributed by atoms with E-state index in [4.69, 9.17) is 14.9 Å². The smallest absolute Gasteiger partial charge is 0.341 e. The van der Waals surface area contributed by atoms with Crippen LogP contribution in [0.2, 0.25) is 0 Å². The van der Waals surface area contributed by atoms with Crippen molar-refractivity contribution in [3.05, 3.63) is 80.2 Å². The Balaban J connectivity index is 1.76. The molecule has 0 amide bonds. The molecule has 11 heteroatoms. The standard InChI is InChI=1S/C23H23FN4O5S/c1-13-15-9-8-14(32-23-26-10-5-11-27-23)12-17(15)33-22(29)19(13)21(25)16-6-4-7-18(20(16)24)34(30,31)28(2)3/h4-7,9-12,14,21H,8,25H2,1-3H3. The van der Waals surface area contributed by atoms with Gasteiger partial charge >= 0.3 is 11.6 Å². The zero-order chi connectivity index (χ0) is 24.6. The molecule has 0 aliphatic heterocycles. The first kappa shape index (κ1) is 23.7. The van der Waals surface area contributed by atoms with Crippen molar-refractivity contribution in [3.63, 3.8) is 0 Å². The highest BCUT2D eigenvalue weighted by molar-refractivity contribution is 7.89. The van der Waals surface area contributed by atoms with Crippen LogP contribution in [0.5, 0.6) is 6.01 Å². The van der Waals surface area contributed by atoms with E-state index in [9.17, 15) is 13.2 Å². The second kappa shape index (κ2) is 9.09. The molecule has 178 valence electrons. The average molecular weight is 487 g/mol. The molecule has 1 aliphatic carbocycles. The second-order valence-electron chi connectivity index (χ2n) is 7.92. The van der Waals surface area contributed by atoms with Crippen LogP contribution in [-0.2, 0) is 10.0 Å². The van der Waals surface area contributed by atoms with Gasteiger partial charge in [-0.2, -0.15) is 0 Å². The predicted octanol–water partition coefficient (Wildman–Crippen LogP) is 0.588. The third-order valence-electron chi connectivity index (χ3n) is 5.58. The number of aromatic nitrogens is 2. The van der Waals surface area contributed by atoms with Crippen molar-refractivity contribution in [3.8, 4) is 6.01 Å². The van der Waals surface area contributed by atoms with E-state index in [0.29, 0.717) is 22.6 Å². The first-order chi connectivity index (χ1) is 16.1. The molecule has 3 aromatic rings. The van der Waals surface area contributed by atoms with Crippen molar-refractivity contribution in [2.45, 2.75) is 30.4 Å². The number of hydrogen-bond donors (Lipinski definition) is 1. The van der Waals surface area contributed by atoms with Crippen LogP contribution in [0.4, 0.5) is 4.39 Å². The van der Waals surface area contributed by atoms with Gasteiger partial charge in [0.2, 0.25) is 10.0 Å². The third-order valence-corrected chi connectivity index (χ3v) is 7.42. The lowest BCUT2D eigenvalue weighted by molar-refractivity contribution is 0.245. The molecule has 0 radical (unpaired) electrons. The molecule has 2 unspecified atom stereocenters. The lowest BCUT2D eigenvalue weighted by Gasteiger charge is -2.19. The van der Waals surface area contributed by atoms with Gasteiger partial charge in [-0.1, -0.05) is 18.2 Å². The van der Waals surface area contributed by atoms with Crippen molar-refractivity contribution in [1.82, 2.24) is 14.3 Å². The van der Waals surface area contributed by atoms with E-state index in [2.05, 4.69) is 9.97 Å².